The van der Waals surface area contributed by atoms with Crippen LogP contribution in [0.4, 0.5) is 4.39 Å². The number of carbonyl (C=O) groups excluding carboxylic acids is 1. The van der Waals surface area contributed by atoms with E-state index in [9.17, 15) is 14.3 Å². The molecule has 0 spiro atoms. The molecule has 1 amide bonds. The van der Waals surface area contributed by atoms with E-state index in [-0.39, 0.29) is 17.6 Å². The summed E-state index contributed by atoms with van der Waals surface area (Å²) in [6.07, 6.45) is 2.74. The smallest absolute Gasteiger partial charge is 0.270 e. The Hall–Kier alpha value is -2.14. The highest BCUT2D eigenvalue weighted by atomic mass is 19.1. The molecule has 0 aliphatic carbocycles. The van der Waals surface area contributed by atoms with Gasteiger partial charge in [-0.15, -0.1) is 0 Å². The zero-order valence-electron chi connectivity index (χ0n) is 13.2. The molecule has 2 heterocycles. The van der Waals surface area contributed by atoms with E-state index in [1.807, 2.05) is 34.8 Å². The van der Waals surface area contributed by atoms with Gasteiger partial charge in [-0.3, -0.25) is 4.79 Å². The number of amides is 1. The van der Waals surface area contributed by atoms with Crippen molar-refractivity contribution in [2.45, 2.75) is 18.9 Å². The number of aromatic nitrogens is 1. The van der Waals surface area contributed by atoms with Crippen LogP contribution in [-0.4, -0.2) is 33.6 Å². The fraction of sp³-hybridized carbons (Fsp3) is 0.389. The summed E-state index contributed by atoms with van der Waals surface area (Å²) in [5, 5.41) is 10.5. The van der Waals surface area contributed by atoms with Crippen molar-refractivity contribution in [2.24, 2.45) is 13.0 Å². The highest BCUT2D eigenvalue weighted by Gasteiger charge is 2.29. The van der Waals surface area contributed by atoms with Crippen LogP contribution in [0.2, 0.25) is 0 Å². The lowest BCUT2D eigenvalue weighted by molar-refractivity contribution is 0.0456. The summed E-state index contributed by atoms with van der Waals surface area (Å²) in [6, 6.07) is 9.67. The standard InChI is InChI=1S/C18H21FN2O2/c1-20-10-2-3-16(20)18(23)21-11-8-14(9-12-21)17(22)13-4-6-15(19)7-5-13/h2-7,10,14,17,22H,8-9,11-12H2,1H3. The van der Waals surface area contributed by atoms with Crippen LogP contribution >= 0.6 is 0 Å². The van der Waals surface area contributed by atoms with Gasteiger partial charge < -0.3 is 14.6 Å². The molecule has 1 N–H and O–H groups in total. The number of carbonyl (C=O) groups is 1. The number of hydrogen-bond acceptors (Lipinski definition) is 2. The second-order valence-corrected chi connectivity index (χ2v) is 6.13. The van der Waals surface area contributed by atoms with Gasteiger partial charge in [0.1, 0.15) is 11.5 Å². The van der Waals surface area contributed by atoms with Crippen molar-refractivity contribution >= 4 is 5.91 Å². The second kappa shape index (κ2) is 6.54. The van der Waals surface area contributed by atoms with Gasteiger partial charge in [-0.1, -0.05) is 12.1 Å². The number of halogens is 1. The largest absolute Gasteiger partial charge is 0.388 e. The van der Waals surface area contributed by atoms with Gasteiger partial charge in [0.25, 0.3) is 5.91 Å². The SMILES string of the molecule is Cn1cccc1C(=O)N1CCC(C(O)c2ccc(F)cc2)CC1. The third-order valence-corrected chi connectivity index (χ3v) is 4.65. The molecule has 3 rings (SSSR count). The Kier molecular flexibility index (Phi) is 4.48. The van der Waals surface area contributed by atoms with Gasteiger partial charge in [-0.25, -0.2) is 4.39 Å². The summed E-state index contributed by atoms with van der Waals surface area (Å²) < 4.78 is 14.8. The molecule has 1 atom stereocenters. The molecule has 1 saturated heterocycles. The Bertz CT molecular complexity index is 673. The van der Waals surface area contributed by atoms with Crippen LogP contribution in [0.25, 0.3) is 0 Å². The first-order chi connectivity index (χ1) is 11.1. The molecule has 1 aliphatic rings. The maximum atomic E-state index is 13.0. The first kappa shape index (κ1) is 15.7. The molecule has 1 fully saturated rings. The molecule has 1 aromatic heterocycles. The molecule has 1 unspecified atom stereocenters. The maximum absolute atomic E-state index is 13.0. The number of aliphatic hydroxyl groups is 1. The minimum Gasteiger partial charge on any atom is -0.388 e. The Balaban J connectivity index is 1.61. The highest BCUT2D eigenvalue weighted by molar-refractivity contribution is 5.92. The van der Waals surface area contributed by atoms with Crippen LogP contribution in [0.15, 0.2) is 42.6 Å². The number of hydrogen-bond donors (Lipinski definition) is 1. The minimum absolute atomic E-state index is 0.0345. The van der Waals surface area contributed by atoms with Crippen molar-refractivity contribution in [3.05, 3.63) is 59.7 Å². The van der Waals surface area contributed by atoms with Crippen LogP contribution in [0.3, 0.4) is 0 Å². The number of likely N-dealkylation sites (tertiary alicyclic amines) is 1. The predicted molar refractivity (Wildman–Crippen MR) is 85.4 cm³/mol. The van der Waals surface area contributed by atoms with Crippen LogP contribution in [0, 0.1) is 11.7 Å². The molecule has 2 aromatic rings. The molecule has 5 heteroatoms. The van der Waals surface area contributed by atoms with E-state index in [0.29, 0.717) is 18.8 Å². The number of nitrogens with zero attached hydrogens (tertiary/aromatic N) is 2. The van der Waals surface area contributed by atoms with Gasteiger partial charge in [0.2, 0.25) is 0 Å². The van der Waals surface area contributed by atoms with E-state index in [1.54, 1.807) is 12.1 Å². The molecular formula is C18H21FN2O2. The molecule has 1 aliphatic heterocycles. The van der Waals surface area contributed by atoms with Crippen LogP contribution < -0.4 is 0 Å². The van der Waals surface area contributed by atoms with E-state index >= 15 is 0 Å². The monoisotopic (exact) mass is 316 g/mol. The third-order valence-electron chi connectivity index (χ3n) is 4.65. The third kappa shape index (κ3) is 3.29. The summed E-state index contributed by atoms with van der Waals surface area (Å²) in [4.78, 5) is 14.3. The fourth-order valence-corrected chi connectivity index (χ4v) is 3.20. The summed E-state index contributed by atoms with van der Waals surface area (Å²) in [7, 11) is 1.86. The topological polar surface area (TPSA) is 45.5 Å². The van der Waals surface area contributed by atoms with Crippen molar-refractivity contribution in [3.63, 3.8) is 0 Å². The number of aryl methyl sites for hydroxylation is 1. The lowest BCUT2D eigenvalue weighted by Gasteiger charge is -2.34. The van der Waals surface area contributed by atoms with Crippen LogP contribution in [-0.2, 0) is 7.05 Å². The summed E-state index contributed by atoms with van der Waals surface area (Å²) in [5.41, 5.74) is 1.42. The zero-order valence-corrected chi connectivity index (χ0v) is 13.2. The van der Waals surface area contributed by atoms with E-state index in [2.05, 4.69) is 0 Å². The minimum atomic E-state index is -0.608. The van der Waals surface area contributed by atoms with Gasteiger partial charge in [-0.2, -0.15) is 0 Å². The maximum Gasteiger partial charge on any atom is 0.270 e. The lowest BCUT2D eigenvalue weighted by Crippen LogP contribution is -2.40. The Morgan fingerprint density at radius 3 is 2.43 bits per heavy atom. The number of piperidine rings is 1. The molecule has 122 valence electrons. The van der Waals surface area contributed by atoms with E-state index in [1.165, 1.54) is 12.1 Å². The Morgan fingerprint density at radius 2 is 1.87 bits per heavy atom. The zero-order chi connectivity index (χ0) is 16.4. The van der Waals surface area contributed by atoms with E-state index < -0.39 is 6.10 Å². The first-order valence-electron chi connectivity index (χ1n) is 7.90. The van der Waals surface area contributed by atoms with Crippen molar-refractivity contribution in [1.82, 2.24) is 9.47 Å². The Labute approximate surface area is 135 Å². The van der Waals surface area contributed by atoms with Gasteiger partial charge in [-0.05, 0) is 48.6 Å². The molecule has 0 saturated carbocycles. The molecule has 0 bridgehead atoms. The average molecular weight is 316 g/mol. The van der Waals surface area contributed by atoms with E-state index in [0.717, 1.165) is 18.4 Å². The normalized spacial score (nSPS) is 17.3. The second-order valence-electron chi connectivity index (χ2n) is 6.13. The van der Waals surface area contributed by atoms with Gasteiger partial charge in [0.05, 0.1) is 6.10 Å². The molecule has 4 nitrogen and oxygen atoms in total. The van der Waals surface area contributed by atoms with Crippen LogP contribution in [0.5, 0.6) is 0 Å². The van der Waals surface area contributed by atoms with Crippen molar-refractivity contribution in [2.75, 3.05) is 13.1 Å². The first-order valence-corrected chi connectivity index (χ1v) is 7.90. The Morgan fingerprint density at radius 1 is 1.22 bits per heavy atom. The lowest BCUT2D eigenvalue weighted by atomic mass is 9.87. The summed E-state index contributed by atoms with van der Waals surface area (Å²) in [5.74, 6) is -0.172. The predicted octanol–water partition coefficient (Wildman–Crippen LogP) is 2.75. The van der Waals surface area contributed by atoms with Gasteiger partial charge >= 0.3 is 0 Å². The van der Waals surface area contributed by atoms with E-state index in [4.69, 9.17) is 0 Å². The van der Waals surface area contributed by atoms with Gasteiger partial charge in [0, 0.05) is 26.3 Å². The quantitative estimate of drug-likeness (QED) is 0.946. The molecule has 23 heavy (non-hydrogen) atoms. The number of aliphatic hydroxyl groups excluding tert-OH is 1. The molecule has 0 radical (unpaired) electrons. The molecule has 1 aromatic carbocycles. The van der Waals surface area contributed by atoms with Crippen LogP contribution in [0.1, 0.15) is 35.0 Å². The van der Waals surface area contributed by atoms with Crippen molar-refractivity contribution in [1.29, 1.82) is 0 Å². The van der Waals surface area contributed by atoms with Crippen molar-refractivity contribution < 1.29 is 14.3 Å². The summed E-state index contributed by atoms with van der Waals surface area (Å²) >= 11 is 0. The molecular weight excluding hydrogens is 295 g/mol. The number of benzene rings is 1. The fourth-order valence-electron chi connectivity index (χ4n) is 3.20. The van der Waals surface area contributed by atoms with Crippen molar-refractivity contribution in [3.8, 4) is 0 Å². The average Bonchev–Trinajstić information content (AvgIpc) is 3.00. The number of rotatable bonds is 3. The van der Waals surface area contributed by atoms with Gasteiger partial charge in [0.15, 0.2) is 0 Å². The summed E-state index contributed by atoms with van der Waals surface area (Å²) in [6.45, 7) is 1.26. The highest BCUT2D eigenvalue weighted by Crippen LogP contribution is 2.31.